The van der Waals surface area contributed by atoms with Crippen molar-refractivity contribution in [3.63, 3.8) is 0 Å². The van der Waals surface area contributed by atoms with E-state index >= 15 is 0 Å². The lowest BCUT2D eigenvalue weighted by Crippen LogP contribution is -2.35. The second-order valence-corrected chi connectivity index (χ2v) is 7.77. The molecule has 0 aromatic heterocycles. The van der Waals surface area contributed by atoms with Gasteiger partial charge in [0.2, 0.25) is 0 Å². The first kappa shape index (κ1) is 14.8. The van der Waals surface area contributed by atoms with Crippen molar-refractivity contribution in [2.45, 2.75) is 44.6 Å². The van der Waals surface area contributed by atoms with E-state index in [2.05, 4.69) is 5.32 Å². The summed E-state index contributed by atoms with van der Waals surface area (Å²) in [4.78, 5) is 11.6. The zero-order chi connectivity index (χ0) is 13.7. The average Bonchev–Trinajstić information content (AvgIpc) is 2.81. The molecule has 5 nitrogen and oxygen atoms in total. The van der Waals surface area contributed by atoms with E-state index in [9.17, 15) is 13.2 Å². The van der Waals surface area contributed by atoms with Crippen molar-refractivity contribution < 1.29 is 17.9 Å². The van der Waals surface area contributed by atoms with E-state index in [0.29, 0.717) is 0 Å². The molecule has 1 aliphatic carbocycles. The highest BCUT2D eigenvalue weighted by Crippen LogP contribution is 2.21. The maximum Gasteiger partial charge on any atom is 0.321 e. The van der Waals surface area contributed by atoms with Crippen LogP contribution in [0.2, 0.25) is 0 Å². The fourth-order valence-corrected chi connectivity index (χ4v) is 4.44. The lowest BCUT2D eigenvalue weighted by atomic mass is 10.0. The Morgan fingerprint density at radius 1 is 1.16 bits per heavy atom. The van der Waals surface area contributed by atoms with Crippen LogP contribution in [-0.2, 0) is 19.4 Å². The minimum atomic E-state index is -3.34. The van der Waals surface area contributed by atoms with Gasteiger partial charge in [-0.3, -0.25) is 4.79 Å². The van der Waals surface area contributed by atoms with Gasteiger partial charge < -0.3 is 10.1 Å². The number of esters is 1. The van der Waals surface area contributed by atoms with E-state index in [-0.39, 0.29) is 17.8 Å². The van der Waals surface area contributed by atoms with Gasteiger partial charge in [-0.25, -0.2) is 8.42 Å². The number of sulfone groups is 1. The van der Waals surface area contributed by atoms with Gasteiger partial charge in [-0.2, -0.15) is 0 Å². The highest BCUT2D eigenvalue weighted by atomic mass is 32.2. The van der Waals surface area contributed by atoms with Crippen molar-refractivity contribution in [1.29, 1.82) is 0 Å². The largest absolute Gasteiger partial charge is 0.462 e. The highest BCUT2D eigenvalue weighted by Gasteiger charge is 2.26. The summed E-state index contributed by atoms with van der Waals surface area (Å²) in [5.41, 5.74) is 0. The number of hydrogen-bond donors (Lipinski definition) is 1. The van der Waals surface area contributed by atoms with Crippen molar-refractivity contribution in [2.24, 2.45) is 5.92 Å². The third-order valence-corrected chi connectivity index (χ3v) is 5.48. The van der Waals surface area contributed by atoms with E-state index in [1.54, 1.807) is 0 Å². The van der Waals surface area contributed by atoms with Crippen molar-refractivity contribution in [2.75, 3.05) is 24.6 Å². The molecule has 0 bridgehead atoms. The van der Waals surface area contributed by atoms with Crippen LogP contribution >= 0.6 is 0 Å². The number of hydrogen-bond acceptors (Lipinski definition) is 5. The second kappa shape index (κ2) is 6.70. The smallest absolute Gasteiger partial charge is 0.321 e. The van der Waals surface area contributed by atoms with Crippen LogP contribution in [0.3, 0.4) is 0 Å². The van der Waals surface area contributed by atoms with Gasteiger partial charge in [-0.15, -0.1) is 0 Å². The molecule has 1 aliphatic heterocycles. The summed E-state index contributed by atoms with van der Waals surface area (Å²) in [6.45, 7) is 1.69. The van der Waals surface area contributed by atoms with Gasteiger partial charge in [0.05, 0.1) is 5.75 Å². The summed E-state index contributed by atoms with van der Waals surface area (Å²) < 4.78 is 29.1. The molecule has 0 radical (unpaired) electrons. The third kappa shape index (κ3) is 5.10. The first-order chi connectivity index (χ1) is 9.05. The predicted octanol–water partition coefficient (Wildman–Crippen LogP) is 0.887. The van der Waals surface area contributed by atoms with Crippen molar-refractivity contribution in [1.82, 2.24) is 5.32 Å². The van der Waals surface area contributed by atoms with Crippen molar-refractivity contribution in [3.8, 4) is 0 Å². The van der Waals surface area contributed by atoms with Crippen LogP contribution in [0.5, 0.6) is 0 Å². The highest BCUT2D eigenvalue weighted by molar-refractivity contribution is 7.92. The Labute approximate surface area is 115 Å². The summed E-state index contributed by atoms with van der Waals surface area (Å²) in [6.07, 6.45) is 5.75. The Bertz CT molecular complexity index is 395. The molecular weight excluding hydrogens is 266 g/mol. The minimum Gasteiger partial charge on any atom is -0.462 e. The van der Waals surface area contributed by atoms with Crippen LogP contribution in [0, 0.1) is 5.92 Å². The zero-order valence-corrected chi connectivity index (χ0v) is 12.1. The summed E-state index contributed by atoms with van der Waals surface area (Å²) in [5, 5.41) is 3.19. The number of piperidine rings is 1. The molecule has 2 rings (SSSR count). The topological polar surface area (TPSA) is 72.5 Å². The van der Waals surface area contributed by atoms with Gasteiger partial charge >= 0.3 is 5.97 Å². The van der Waals surface area contributed by atoms with Gasteiger partial charge in [-0.1, -0.05) is 0 Å². The quantitative estimate of drug-likeness (QED) is 0.761. The van der Waals surface area contributed by atoms with Gasteiger partial charge in [-0.05, 0) is 57.5 Å². The Hall–Kier alpha value is -0.620. The first-order valence-corrected chi connectivity index (χ1v) is 8.98. The van der Waals surface area contributed by atoms with Crippen LogP contribution in [-0.4, -0.2) is 45.1 Å². The molecular formula is C13H23NO4S. The standard InChI is InChI=1S/C13H23NO4S/c15-13(18-12-5-1-2-6-12)10-19(16,17)9-11-4-3-7-14-8-11/h11-12,14H,1-10H2. The Morgan fingerprint density at radius 2 is 1.89 bits per heavy atom. The molecule has 1 N–H and O–H groups in total. The van der Waals surface area contributed by atoms with Gasteiger partial charge in [0, 0.05) is 0 Å². The minimum absolute atomic E-state index is 0.0564. The van der Waals surface area contributed by atoms with Gasteiger partial charge in [0.1, 0.15) is 11.9 Å². The average molecular weight is 289 g/mol. The zero-order valence-electron chi connectivity index (χ0n) is 11.3. The van der Waals surface area contributed by atoms with Crippen LogP contribution in [0.25, 0.3) is 0 Å². The fourth-order valence-electron chi connectivity index (χ4n) is 2.89. The normalized spacial score (nSPS) is 25.4. The molecule has 0 aromatic rings. The van der Waals surface area contributed by atoms with Crippen LogP contribution < -0.4 is 5.32 Å². The lowest BCUT2D eigenvalue weighted by Gasteiger charge is -2.22. The Morgan fingerprint density at radius 3 is 2.53 bits per heavy atom. The second-order valence-electron chi connectivity index (χ2n) is 5.66. The lowest BCUT2D eigenvalue weighted by molar-refractivity contribution is -0.145. The molecule has 2 aliphatic rings. The SMILES string of the molecule is O=C(CS(=O)(=O)CC1CCCNC1)OC1CCCC1. The van der Waals surface area contributed by atoms with E-state index < -0.39 is 21.6 Å². The number of carbonyl (C=O) groups is 1. The molecule has 6 heteroatoms. The summed E-state index contributed by atoms with van der Waals surface area (Å²) in [7, 11) is -3.34. The van der Waals surface area contributed by atoms with Crippen LogP contribution in [0.4, 0.5) is 0 Å². The third-order valence-electron chi connectivity index (χ3n) is 3.83. The Kier molecular flexibility index (Phi) is 5.21. The molecule has 2 fully saturated rings. The summed E-state index contributed by atoms with van der Waals surface area (Å²) in [5.74, 6) is -0.798. The van der Waals surface area contributed by atoms with Crippen LogP contribution in [0.1, 0.15) is 38.5 Å². The molecule has 1 saturated heterocycles. The van der Waals surface area contributed by atoms with E-state index in [1.807, 2.05) is 0 Å². The van der Waals surface area contributed by atoms with E-state index in [0.717, 1.165) is 51.6 Å². The molecule has 0 aromatic carbocycles. The van der Waals surface area contributed by atoms with Crippen LogP contribution in [0.15, 0.2) is 0 Å². The molecule has 1 heterocycles. The molecule has 0 amide bonds. The van der Waals surface area contributed by atoms with E-state index in [1.165, 1.54) is 0 Å². The Balaban J connectivity index is 1.77. The number of ether oxygens (including phenoxy) is 1. The number of nitrogens with one attached hydrogen (secondary N) is 1. The summed E-state index contributed by atoms with van der Waals surface area (Å²) in [6, 6.07) is 0. The molecule has 0 spiro atoms. The van der Waals surface area contributed by atoms with Gasteiger partial charge in [0.15, 0.2) is 9.84 Å². The first-order valence-electron chi connectivity index (χ1n) is 7.16. The predicted molar refractivity (Wildman–Crippen MR) is 72.6 cm³/mol. The molecule has 1 atom stereocenters. The maximum atomic E-state index is 12.0. The monoisotopic (exact) mass is 289 g/mol. The number of carbonyl (C=O) groups excluding carboxylic acids is 1. The molecule has 110 valence electrons. The molecule has 1 saturated carbocycles. The van der Waals surface area contributed by atoms with Crippen molar-refractivity contribution in [3.05, 3.63) is 0 Å². The fraction of sp³-hybridized carbons (Fsp3) is 0.923. The van der Waals surface area contributed by atoms with Gasteiger partial charge in [0.25, 0.3) is 0 Å². The molecule has 19 heavy (non-hydrogen) atoms. The maximum absolute atomic E-state index is 12.0. The van der Waals surface area contributed by atoms with Crippen molar-refractivity contribution >= 4 is 15.8 Å². The molecule has 1 unspecified atom stereocenters. The number of rotatable bonds is 5. The summed E-state index contributed by atoms with van der Waals surface area (Å²) >= 11 is 0. The van der Waals surface area contributed by atoms with E-state index in [4.69, 9.17) is 4.74 Å².